The summed E-state index contributed by atoms with van der Waals surface area (Å²) in [6.45, 7) is 11.4. The minimum atomic E-state index is 0.0829. The molecule has 2 heterocycles. The van der Waals surface area contributed by atoms with Gasteiger partial charge in [0, 0.05) is 30.9 Å². The molecule has 5 heteroatoms. The second-order valence-corrected chi connectivity index (χ2v) is 6.08. The normalized spacial score (nSPS) is 12.1. The van der Waals surface area contributed by atoms with E-state index in [9.17, 15) is 0 Å². The molecule has 5 nitrogen and oxygen atoms in total. The molecule has 0 fully saturated rings. The molecule has 0 aromatic carbocycles. The lowest BCUT2D eigenvalue weighted by Gasteiger charge is -2.20. The fourth-order valence-electron chi connectivity index (χ4n) is 2.07. The molecule has 0 aliphatic carbocycles. The molecule has 0 saturated heterocycles. The molecule has 0 bridgehead atoms. The third-order valence-electron chi connectivity index (χ3n) is 3.04. The Morgan fingerprint density at radius 1 is 1.26 bits per heavy atom. The molecule has 2 rings (SSSR count). The predicted molar refractivity (Wildman–Crippen MR) is 76.4 cm³/mol. The summed E-state index contributed by atoms with van der Waals surface area (Å²) in [4.78, 5) is 0. The van der Waals surface area contributed by atoms with Crippen LogP contribution in [0.2, 0.25) is 0 Å². The van der Waals surface area contributed by atoms with Gasteiger partial charge in [0.05, 0.1) is 11.9 Å². The Morgan fingerprint density at radius 3 is 2.47 bits per heavy atom. The molecule has 0 unspecified atom stereocenters. The largest absolute Gasteiger partial charge is 0.308 e. The van der Waals surface area contributed by atoms with Crippen molar-refractivity contribution < 1.29 is 0 Å². The highest BCUT2D eigenvalue weighted by Crippen LogP contribution is 2.18. The van der Waals surface area contributed by atoms with Crippen molar-refractivity contribution >= 4 is 0 Å². The third kappa shape index (κ3) is 3.04. The number of nitrogens with one attached hydrogen (secondary N) is 1. The van der Waals surface area contributed by atoms with Crippen LogP contribution >= 0.6 is 0 Å². The predicted octanol–water partition coefficient (Wildman–Crippen LogP) is 2.11. The first kappa shape index (κ1) is 13.8. The van der Waals surface area contributed by atoms with Gasteiger partial charge < -0.3 is 5.32 Å². The second kappa shape index (κ2) is 4.81. The summed E-state index contributed by atoms with van der Waals surface area (Å²) in [7, 11) is 1.96. The molecule has 0 spiro atoms. The van der Waals surface area contributed by atoms with E-state index in [2.05, 4.69) is 36.3 Å². The van der Waals surface area contributed by atoms with Crippen LogP contribution in [-0.2, 0) is 13.6 Å². The Bertz CT molecular complexity index is 571. The van der Waals surface area contributed by atoms with E-state index in [4.69, 9.17) is 0 Å². The van der Waals surface area contributed by atoms with E-state index in [0.717, 1.165) is 23.6 Å². The van der Waals surface area contributed by atoms with Crippen molar-refractivity contribution in [3.8, 4) is 5.82 Å². The Morgan fingerprint density at radius 2 is 1.95 bits per heavy atom. The van der Waals surface area contributed by atoms with Crippen molar-refractivity contribution in [2.45, 2.75) is 46.7 Å². The number of aromatic nitrogens is 4. The maximum Gasteiger partial charge on any atom is 0.156 e. The Hall–Kier alpha value is -1.62. The van der Waals surface area contributed by atoms with E-state index in [-0.39, 0.29) is 5.54 Å². The first-order valence-corrected chi connectivity index (χ1v) is 6.57. The van der Waals surface area contributed by atoms with Crippen LogP contribution in [0.25, 0.3) is 5.82 Å². The molecule has 0 amide bonds. The number of hydrogen-bond acceptors (Lipinski definition) is 3. The summed E-state index contributed by atoms with van der Waals surface area (Å²) < 4.78 is 3.79. The quantitative estimate of drug-likeness (QED) is 0.920. The standard InChI is InChI=1S/C14H23N5/c1-10-7-16-19(9-10)13-12(8-15-14(3,4)5)11(2)17-18(13)6/h7,9,15H,8H2,1-6H3. The molecule has 2 aromatic heterocycles. The second-order valence-electron chi connectivity index (χ2n) is 6.08. The fourth-order valence-corrected chi connectivity index (χ4v) is 2.07. The van der Waals surface area contributed by atoms with Gasteiger partial charge >= 0.3 is 0 Å². The van der Waals surface area contributed by atoms with Crippen molar-refractivity contribution in [3.63, 3.8) is 0 Å². The van der Waals surface area contributed by atoms with Crippen LogP contribution in [0.15, 0.2) is 12.4 Å². The van der Waals surface area contributed by atoms with Crippen LogP contribution in [0, 0.1) is 13.8 Å². The average molecular weight is 261 g/mol. The molecule has 1 N–H and O–H groups in total. The SMILES string of the molecule is Cc1cnn(-c2c(CNC(C)(C)C)c(C)nn2C)c1. The fraction of sp³-hybridized carbons (Fsp3) is 0.571. The minimum Gasteiger partial charge on any atom is -0.308 e. The van der Waals surface area contributed by atoms with E-state index in [1.807, 2.05) is 42.7 Å². The van der Waals surface area contributed by atoms with Gasteiger partial charge in [0.2, 0.25) is 0 Å². The molecular formula is C14H23N5. The van der Waals surface area contributed by atoms with E-state index >= 15 is 0 Å². The van der Waals surface area contributed by atoms with E-state index in [1.165, 1.54) is 5.56 Å². The lowest BCUT2D eigenvalue weighted by atomic mass is 10.1. The van der Waals surface area contributed by atoms with Crippen LogP contribution < -0.4 is 5.32 Å². The van der Waals surface area contributed by atoms with Crippen molar-refractivity contribution in [2.24, 2.45) is 7.05 Å². The van der Waals surface area contributed by atoms with Crippen molar-refractivity contribution in [1.29, 1.82) is 0 Å². The Balaban J connectivity index is 2.38. The number of nitrogens with zero attached hydrogens (tertiary/aromatic N) is 4. The van der Waals surface area contributed by atoms with Gasteiger partial charge in [0.25, 0.3) is 0 Å². The first-order valence-electron chi connectivity index (χ1n) is 6.57. The molecule has 2 aromatic rings. The van der Waals surface area contributed by atoms with Crippen LogP contribution in [0.1, 0.15) is 37.6 Å². The van der Waals surface area contributed by atoms with Crippen LogP contribution in [0.4, 0.5) is 0 Å². The van der Waals surface area contributed by atoms with Gasteiger partial charge in [0.1, 0.15) is 0 Å². The maximum absolute atomic E-state index is 4.51. The summed E-state index contributed by atoms with van der Waals surface area (Å²) in [5.74, 6) is 1.03. The third-order valence-corrected chi connectivity index (χ3v) is 3.04. The molecule has 0 aliphatic rings. The summed E-state index contributed by atoms with van der Waals surface area (Å²) in [5, 5.41) is 12.4. The molecule has 0 atom stereocenters. The number of aryl methyl sites for hydroxylation is 3. The topological polar surface area (TPSA) is 47.7 Å². The smallest absolute Gasteiger partial charge is 0.156 e. The Labute approximate surface area is 114 Å². The first-order chi connectivity index (χ1) is 8.78. The van der Waals surface area contributed by atoms with Gasteiger partial charge in [-0.25, -0.2) is 4.68 Å². The molecule has 0 aliphatic heterocycles. The summed E-state index contributed by atoms with van der Waals surface area (Å²) in [6.07, 6.45) is 3.89. The average Bonchev–Trinajstić information content (AvgIpc) is 2.78. The molecular weight excluding hydrogens is 238 g/mol. The highest BCUT2D eigenvalue weighted by atomic mass is 15.4. The van der Waals surface area contributed by atoms with Crippen LogP contribution in [-0.4, -0.2) is 25.1 Å². The van der Waals surface area contributed by atoms with Crippen molar-refractivity contribution in [1.82, 2.24) is 24.9 Å². The van der Waals surface area contributed by atoms with Gasteiger partial charge in [-0.3, -0.25) is 4.68 Å². The summed E-state index contributed by atoms with van der Waals surface area (Å²) >= 11 is 0. The monoisotopic (exact) mass is 261 g/mol. The molecule has 104 valence electrons. The lowest BCUT2D eigenvalue weighted by Crippen LogP contribution is -2.35. The zero-order chi connectivity index (χ0) is 14.2. The van der Waals surface area contributed by atoms with E-state index < -0.39 is 0 Å². The van der Waals surface area contributed by atoms with Crippen LogP contribution in [0.3, 0.4) is 0 Å². The number of hydrogen-bond donors (Lipinski definition) is 1. The van der Waals surface area contributed by atoms with Crippen LogP contribution in [0.5, 0.6) is 0 Å². The zero-order valence-corrected chi connectivity index (χ0v) is 12.7. The molecule has 0 radical (unpaired) electrons. The van der Waals surface area contributed by atoms with Gasteiger partial charge in [-0.05, 0) is 40.2 Å². The number of rotatable bonds is 3. The van der Waals surface area contributed by atoms with Gasteiger partial charge in [-0.1, -0.05) is 0 Å². The molecule has 0 saturated carbocycles. The van der Waals surface area contributed by atoms with Crippen molar-refractivity contribution in [3.05, 3.63) is 29.2 Å². The summed E-state index contributed by atoms with van der Waals surface area (Å²) in [6, 6.07) is 0. The minimum absolute atomic E-state index is 0.0829. The highest BCUT2D eigenvalue weighted by Gasteiger charge is 2.18. The van der Waals surface area contributed by atoms with Gasteiger partial charge in [-0.15, -0.1) is 0 Å². The van der Waals surface area contributed by atoms with Gasteiger partial charge in [0.15, 0.2) is 5.82 Å². The zero-order valence-electron chi connectivity index (χ0n) is 12.7. The lowest BCUT2D eigenvalue weighted by molar-refractivity contribution is 0.423. The highest BCUT2D eigenvalue weighted by molar-refractivity contribution is 5.37. The maximum atomic E-state index is 4.51. The van der Waals surface area contributed by atoms with E-state index in [1.54, 1.807) is 0 Å². The molecule has 19 heavy (non-hydrogen) atoms. The van der Waals surface area contributed by atoms with Gasteiger partial charge in [-0.2, -0.15) is 10.2 Å². The Kier molecular flexibility index (Phi) is 3.49. The van der Waals surface area contributed by atoms with Crippen molar-refractivity contribution in [2.75, 3.05) is 0 Å². The summed E-state index contributed by atoms with van der Waals surface area (Å²) in [5.41, 5.74) is 3.47. The van der Waals surface area contributed by atoms with E-state index in [0.29, 0.717) is 0 Å².